The van der Waals surface area contributed by atoms with Crippen molar-refractivity contribution in [2.45, 2.75) is 0 Å². The molecule has 182 valence electrons. The molecule has 1 aromatic heterocycles. The molecule has 0 unspecified atom stereocenters. The summed E-state index contributed by atoms with van der Waals surface area (Å²) in [4.78, 5) is 16.5. The van der Waals surface area contributed by atoms with Crippen molar-refractivity contribution in [1.82, 2.24) is 4.98 Å². The minimum atomic E-state index is -0.522. The highest BCUT2D eigenvalue weighted by Crippen LogP contribution is 2.37. The Morgan fingerprint density at radius 2 is 1.56 bits per heavy atom. The fourth-order valence-electron chi connectivity index (χ4n) is 3.61. The molecule has 0 radical (unpaired) electrons. The van der Waals surface area contributed by atoms with E-state index >= 15 is 0 Å². The normalized spacial score (nSPS) is 10.3. The number of hydrogen-bond donors (Lipinski definition) is 1. The molecule has 1 heterocycles. The monoisotopic (exact) mass is 485 g/mol. The molecule has 0 saturated heterocycles. The third kappa shape index (κ3) is 4.79. The number of rotatable bonds is 8. The van der Waals surface area contributed by atoms with Crippen LogP contribution >= 0.6 is 0 Å². The number of carbonyl (C=O) groups is 1. The maximum Gasteiger partial charge on any atom is 0.341 e. The molecule has 0 aliphatic carbocycles. The van der Waals surface area contributed by atoms with Crippen LogP contribution in [0.25, 0.3) is 10.9 Å². The van der Waals surface area contributed by atoms with Gasteiger partial charge in [-0.2, -0.15) is 5.26 Å². The molecule has 36 heavy (non-hydrogen) atoms. The quantitative estimate of drug-likeness (QED) is 0.325. The van der Waals surface area contributed by atoms with E-state index in [1.165, 1.54) is 20.4 Å². The van der Waals surface area contributed by atoms with E-state index in [9.17, 15) is 10.1 Å². The summed E-state index contributed by atoms with van der Waals surface area (Å²) in [5, 5.41) is 13.7. The first-order valence-corrected chi connectivity index (χ1v) is 10.8. The van der Waals surface area contributed by atoms with Crippen molar-refractivity contribution in [3.8, 4) is 34.8 Å². The highest BCUT2D eigenvalue weighted by molar-refractivity contribution is 5.97. The van der Waals surface area contributed by atoms with Gasteiger partial charge in [0.05, 0.1) is 45.2 Å². The van der Waals surface area contributed by atoms with Crippen molar-refractivity contribution in [2.75, 3.05) is 33.8 Å². The van der Waals surface area contributed by atoms with Gasteiger partial charge < -0.3 is 29.0 Å². The van der Waals surface area contributed by atoms with Crippen molar-refractivity contribution in [3.05, 3.63) is 71.9 Å². The predicted molar refractivity (Wildman–Crippen MR) is 134 cm³/mol. The zero-order valence-corrected chi connectivity index (χ0v) is 20.1. The van der Waals surface area contributed by atoms with E-state index in [4.69, 9.17) is 23.7 Å². The predicted octanol–water partition coefficient (Wildman–Crippen LogP) is 5.45. The lowest BCUT2D eigenvalue weighted by Gasteiger charge is -2.15. The number of anilines is 2. The molecule has 0 atom stereocenters. The van der Waals surface area contributed by atoms with Gasteiger partial charge in [-0.15, -0.1) is 0 Å². The summed E-state index contributed by atoms with van der Waals surface area (Å²) in [7, 11) is 5.93. The Labute approximate surface area is 207 Å². The number of carbonyl (C=O) groups excluding carboxylic acids is 1. The van der Waals surface area contributed by atoms with Crippen LogP contribution < -0.4 is 24.3 Å². The Balaban J connectivity index is 1.66. The summed E-state index contributed by atoms with van der Waals surface area (Å²) < 4.78 is 26.8. The average Bonchev–Trinajstić information content (AvgIpc) is 2.92. The fraction of sp³-hybridized carbons (Fsp3) is 0.148. The Bertz CT molecular complexity index is 1460. The van der Waals surface area contributed by atoms with E-state index in [0.29, 0.717) is 56.6 Å². The molecule has 4 rings (SSSR count). The molecule has 0 bridgehead atoms. The number of nitrogens with one attached hydrogen (secondary N) is 1. The van der Waals surface area contributed by atoms with Gasteiger partial charge in [0.25, 0.3) is 0 Å². The van der Waals surface area contributed by atoms with E-state index in [1.54, 1.807) is 68.8 Å². The van der Waals surface area contributed by atoms with Crippen LogP contribution in [-0.2, 0) is 4.74 Å². The number of benzene rings is 3. The molecule has 0 amide bonds. The van der Waals surface area contributed by atoms with Crippen molar-refractivity contribution in [3.63, 3.8) is 0 Å². The minimum absolute atomic E-state index is 0.270. The molecule has 0 spiro atoms. The van der Waals surface area contributed by atoms with Gasteiger partial charge in [-0.05, 0) is 42.5 Å². The molecular weight excluding hydrogens is 462 g/mol. The van der Waals surface area contributed by atoms with Gasteiger partial charge in [-0.1, -0.05) is 0 Å². The number of esters is 1. The van der Waals surface area contributed by atoms with Crippen LogP contribution in [0, 0.1) is 11.3 Å². The lowest BCUT2D eigenvalue weighted by molar-refractivity contribution is 0.0598. The Morgan fingerprint density at radius 1 is 0.861 bits per heavy atom. The van der Waals surface area contributed by atoms with Crippen LogP contribution in [0.3, 0.4) is 0 Å². The largest absolute Gasteiger partial charge is 0.497 e. The number of hydrogen-bond acceptors (Lipinski definition) is 9. The molecule has 3 aromatic carbocycles. The van der Waals surface area contributed by atoms with Gasteiger partial charge in [0.15, 0.2) is 11.5 Å². The molecule has 9 heteroatoms. The number of methoxy groups -OCH3 is 4. The highest BCUT2D eigenvalue weighted by atomic mass is 16.5. The zero-order valence-electron chi connectivity index (χ0n) is 20.1. The van der Waals surface area contributed by atoms with E-state index in [1.807, 2.05) is 0 Å². The number of pyridine rings is 1. The topological polar surface area (TPSA) is 112 Å². The van der Waals surface area contributed by atoms with Crippen molar-refractivity contribution in [1.29, 1.82) is 5.26 Å². The fourth-order valence-corrected chi connectivity index (χ4v) is 3.61. The maximum absolute atomic E-state index is 12.1. The minimum Gasteiger partial charge on any atom is -0.497 e. The molecule has 0 saturated carbocycles. The van der Waals surface area contributed by atoms with Crippen LogP contribution in [0.5, 0.6) is 28.7 Å². The van der Waals surface area contributed by atoms with Gasteiger partial charge in [0, 0.05) is 29.4 Å². The number of nitrogens with zero attached hydrogens (tertiary/aromatic N) is 2. The summed E-state index contributed by atoms with van der Waals surface area (Å²) in [5.41, 5.74) is 2.57. The lowest BCUT2D eigenvalue weighted by Crippen LogP contribution is -2.04. The third-order valence-electron chi connectivity index (χ3n) is 5.44. The number of aromatic nitrogens is 1. The standard InChI is InChI=1S/C27H23N3O6/c1-32-19-9-10-20(27(31)35-4)23(11-19)36-18-7-5-17(6-8-18)30-26-16(14-28)15-29-22-13-25(34-3)24(33-2)12-21(22)26/h5-13,15H,1-4H3,(H,29,30). The third-order valence-corrected chi connectivity index (χ3v) is 5.44. The van der Waals surface area contributed by atoms with E-state index in [2.05, 4.69) is 16.4 Å². The highest BCUT2D eigenvalue weighted by Gasteiger charge is 2.16. The van der Waals surface area contributed by atoms with Gasteiger partial charge in [-0.25, -0.2) is 4.79 Å². The first kappa shape index (κ1) is 24.2. The number of ether oxygens (including phenoxy) is 5. The van der Waals surface area contributed by atoms with E-state index in [-0.39, 0.29) is 5.56 Å². The van der Waals surface area contributed by atoms with Crippen LogP contribution in [0.1, 0.15) is 15.9 Å². The summed E-state index contributed by atoms with van der Waals surface area (Å²) >= 11 is 0. The first-order chi connectivity index (χ1) is 17.5. The zero-order chi connectivity index (χ0) is 25.7. The Morgan fingerprint density at radius 3 is 2.19 bits per heavy atom. The van der Waals surface area contributed by atoms with Gasteiger partial charge >= 0.3 is 5.97 Å². The summed E-state index contributed by atoms with van der Waals surface area (Å²) in [6, 6.07) is 17.6. The Kier molecular flexibility index (Phi) is 7.07. The molecule has 9 nitrogen and oxygen atoms in total. The van der Waals surface area contributed by atoms with E-state index < -0.39 is 5.97 Å². The molecule has 0 fully saturated rings. The van der Waals surface area contributed by atoms with Gasteiger partial charge in [0.2, 0.25) is 0 Å². The molecule has 1 N–H and O–H groups in total. The number of nitriles is 1. The first-order valence-electron chi connectivity index (χ1n) is 10.8. The second kappa shape index (κ2) is 10.5. The van der Waals surface area contributed by atoms with E-state index in [0.717, 1.165) is 0 Å². The summed E-state index contributed by atoms with van der Waals surface area (Å²) in [6.45, 7) is 0. The summed E-state index contributed by atoms with van der Waals surface area (Å²) in [5.74, 6) is 1.87. The average molecular weight is 485 g/mol. The van der Waals surface area contributed by atoms with Crippen molar-refractivity contribution in [2.24, 2.45) is 0 Å². The molecule has 4 aromatic rings. The molecular formula is C27H23N3O6. The van der Waals surface area contributed by atoms with Crippen LogP contribution in [0.15, 0.2) is 60.8 Å². The SMILES string of the molecule is COC(=O)c1ccc(OC)cc1Oc1ccc(Nc2c(C#N)cnc3cc(OC)c(OC)cc23)cc1. The maximum atomic E-state index is 12.1. The van der Waals surface area contributed by atoms with Gasteiger partial charge in [0.1, 0.15) is 28.9 Å². The number of fused-ring (bicyclic) bond motifs is 1. The lowest BCUT2D eigenvalue weighted by atomic mass is 10.1. The Hall–Kier alpha value is -4.97. The van der Waals surface area contributed by atoms with Crippen molar-refractivity contribution >= 4 is 28.2 Å². The van der Waals surface area contributed by atoms with Gasteiger partial charge in [-0.3, -0.25) is 4.98 Å². The summed E-state index contributed by atoms with van der Waals surface area (Å²) in [6.07, 6.45) is 1.51. The molecule has 0 aliphatic heterocycles. The van der Waals surface area contributed by atoms with Crippen LogP contribution in [-0.4, -0.2) is 39.4 Å². The second-order valence-corrected chi connectivity index (χ2v) is 7.49. The molecule has 0 aliphatic rings. The van der Waals surface area contributed by atoms with Crippen LogP contribution in [0.4, 0.5) is 11.4 Å². The van der Waals surface area contributed by atoms with Crippen molar-refractivity contribution < 1.29 is 28.5 Å². The smallest absolute Gasteiger partial charge is 0.341 e. The second-order valence-electron chi connectivity index (χ2n) is 7.49. The van der Waals surface area contributed by atoms with Crippen LogP contribution in [0.2, 0.25) is 0 Å².